The summed E-state index contributed by atoms with van der Waals surface area (Å²) in [6.07, 6.45) is 1.53. The van der Waals surface area contributed by atoms with Crippen molar-refractivity contribution in [2.45, 2.75) is 20.8 Å². The first-order valence-electron chi connectivity index (χ1n) is 4.79. The summed E-state index contributed by atoms with van der Waals surface area (Å²) in [5.41, 5.74) is 5.70. The Hall–Kier alpha value is -1.03. The van der Waals surface area contributed by atoms with Gasteiger partial charge in [0, 0.05) is 13.6 Å². The molecule has 15 heavy (non-hydrogen) atoms. The molecular weight excluding hydrogens is 212 g/mol. The molecule has 0 aliphatic heterocycles. The van der Waals surface area contributed by atoms with Crippen LogP contribution in [-0.2, 0) is 0 Å². The van der Waals surface area contributed by atoms with Crippen molar-refractivity contribution >= 4 is 23.4 Å². The van der Waals surface area contributed by atoms with Gasteiger partial charge in [0.25, 0.3) is 0 Å². The van der Waals surface area contributed by atoms with Gasteiger partial charge >= 0.3 is 0 Å². The zero-order valence-corrected chi connectivity index (χ0v) is 10.3. The van der Waals surface area contributed by atoms with E-state index in [-0.39, 0.29) is 11.4 Å². The van der Waals surface area contributed by atoms with E-state index in [1.165, 1.54) is 6.20 Å². The zero-order valence-electron chi connectivity index (χ0n) is 9.58. The number of hydrogen-bond donors (Lipinski definition) is 1. The summed E-state index contributed by atoms with van der Waals surface area (Å²) in [5.74, 6) is 0.925. The smallest absolute Gasteiger partial charge is 0.222 e. The van der Waals surface area contributed by atoms with Crippen LogP contribution in [0.15, 0.2) is 6.20 Å². The lowest BCUT2D eigenvalue weighted by molar-refractivity contribution is 0.418. The molecule has 0 aliphatic rings. The van der Waals surface area contributed by atoms with E-state index >= 15 is 0 Å². The molecule has 0 fully saturated rings. The molecule has 1 rings (SSSR count). The van der Waals surface area contributed by atoms with Crippen molar-refractivity contribution in [1.29, 1.82) is 0 Å². The number of aromatic nitrogens is 2. The van der Waals surface area contributed by atoms with E-state index in [9.17, 15) is 0 Å². The summed E-state index contributed by atoms with van der Waals surface area (Å²) in [4.78, 5) is 9.93. The number of hydrogen-bond acceptors (Lipinski definition) is 4. The average Bonchev–Trinajstić information content (AvgIpc) is 2.06. The van der Waals surface area contributed by atoms with Crippen LogP contribution in [0.4, 0.5) is 11.8 Å². The second-order valence-electron chi connectivity index (χ2n) is 4.82. The average molecular weight is 229 g/mol. The molecule has 0 atom stereocenters. The number of anilines is 2. The number of halogens is 1. The summed E-state index contributed by atoms with van der Waals surface area (Å²) in [5, 5.41) is 0.524. The molecule has 0 spiro atoms. The van der Waals surface area contributed by atoms with Gasteiger partial charge in [-0.2, -0.15) is 4.98 Å². The second kappa shape index (κ2) is 4.23. The van der Waals surface area contributed by atoms with Crippen LogP contribution < -0.4 is 10.6 Å². The Morgan fingerprint density at radius 3 is 2.60 bits per heavy atom. The molecule has 4 nitrogen and oxygen atoms in total. The highest BCUT2D eigenvalue weighted by atomic mass is 35.5. The summed E-state index contributed by atoms with van der Waals surface area (Å²) in [6.45, 7) is 7.31. The Labute approximate surface area is 95.5 Å². The van der Waals surface area contributed by atoms with E-state index in [0.717, 1.165) is 6.54 Å². The molecule has 1 aromatic heterocycles. The van der Waals surface area contributed by atoms with Gasteiger partial charge < -0.3 is 10.6 Å². The minimum atomic E-state index is 0.178. The van der Waals surface area contributed by atoms with Gasteiger partial charge in [0.15, 0.2) is 5.82 Å². The lowest BCUT2D eigenvalue weighted by Crippen LogP contribution is -2.30. The first-order chi connectivity index (χ1) is 6.79. The molecule has 0 saturated carbocycles. The van der Waals surface area contributed by atoms with Crippen molar-refractivity contribution in [2.24, 2.45) is 5.41 Å². The van der Waals surface area contributed by atoms with E-state index in [0.29, 0.717) is 10.8 Å². The van der Waals surface area contributed by atoms with Gasteiger partial charge in [-0.05, 0) is 5.41 Å². The molecule has 0 aliphatic carbocycles. The van der Waals surface area contributed by atoms with Crippen LogP contribution in [0.2, 0.25) is 5.02 Å². The minimum absolute atomic E-state index is 0.178. The first kappa shape index (κ1) is 12.0. The molecular formula is C10H17ClN4. The molecule has 5 heteroatoms. The predicted octanol–water partition coefficient (Wildman–Crippen LogP) is 2.19. The molecule has 84 valence electrons. The van der Waals surface area contributed by atoms with Crippen molar-refractivity contribution < 1.29 is 0 Å². The van der Waals surface area contributed by atoms with Crippen LogP contribution in [0.5, 0.6) is 0 Å². The summed E-state index contributed by atoms with van der Waals surface area (Å²) in [6, 6.07) is 0. The molecule has 1 aromatic rings. The summed E-state index contributed by atoms with van der Waals surface area (Å²) < 4.78 is 0. The van der Waals surface area contributed by atoms with Gasteiger partial charge in [-0.15, -0.1) is 0 Å². The number of rotatable bonds is 2. The van der Waals surface area contributed by atoms with Gasteiger partial charge in [0.1, 0.15) is 5.02 Å². The van der Waals surface area contributed by atoms with Gasteiger partial charge in [-0.3, -0.25) is 0 Å². The highest BCUT2D eigenvalue weighted by Gasteiger charge is 2.17. The number of nitrogen functional groups attached to an aromatic ring is 1. The van der Waals surface area contributed by atoms with Crippen molar-refractivity contribution in [1.82, 2.24) is 9.97 Å². The predicted molar refractivity (Wildman–Crippen MR) is 64.2 cm³/mol. The van der Waals surface area contributed by atoms with E-state index in [4.69, 9.17) is 17.3 Å². The van der Waals surface area contributed by atoms with Crippen LogP contribution in [-0.4, -0.2) is 23.6 Å². The summed E-state index contributed by atoms with van der Waals surface area (Å²) >= 11 is 6.00. The number of nitrogens with two attached hydrogens (primary N) is 1. The van der Waals surface area contributed by atoms with Crippen LogP contribution in [0.25, 0.3) is 0 Å². The fraction of sp³-hybridized carbons (Fsp3) is 0.600. The second-order valence-corrected chi connectivity index (χ2v) is 5.22. The van der Waals surface area contributed by atoms with E-state index < -0.39 is 0 Å². The van der Waals surface area contributed by atoms with Gasteiger partial charge in [-0.25, -0.2) is 4.98 Å². The third-order valence-electron chi connectivity index (χ3n) is 1.82. The largest absolute Gasteiger partial charge is 0.368 e. The molecule has 0 amide bonds. The monoisotopic (exact) mass is 228 g/mol. The van der Waals surface area contributed by atoms with Crippen molar-refractivity contribution in [2.75, 3.05) is 24.2 Å². The lowest BCUT2D eigenvalue weighted by atomic mass is 9.96. The highest BCUT2D eigenvalue weighted by molar-refractivity contribution is 6.32. The van der Waals surface area contributed by atoms with Gasteiger partial charge in [0.2, 0.25) is 5.95 Å². The molecule has 2 N–H and O–H groups in total. The first-order valence-corrected chi connectivity index (χ1v) is 5.16. The van der Waals surface area contributed by atoms with E-state index in [1.807, 2.05) is 11.9 Å². The fourth-order valence-corrected chi connectivity index (χ4v) is 1.66. The molecule has 0 unspecified atom stereocenters. The van der Waals surface area contributed by atoms with Crippen LogP contribution in [0.1, 0.15) is 20.8 Å². The van der Waals surface area contributed by atoms with Crippen molar-refractivity contribution in [3.63, 3.8) is 0 Å². The summed E-state index contributed by atoms with van der Waals surface area (Å²) in [7, 11) is 1.94. The maximum absolute atomic E-state index is 6.00. The molecule has 0 saturated heterocycles. The number of nitrogens with zero attached hydrogens (tertiary/aromatic N) is 3. The lowest BCUT2D eigenvalue weighted by Gasteiger charge is -2.27. The van der Waals surface area contributed by atoms with Crippen LogP contribution >= 0.6 is 11.6 Å². The Balaban J connectivity index is 2.90. The maximum Gasteiger partial charge on any atom is 0.222 e. The minimum Gasteiger partial charge on any atom is -0.368 e. The third kappa shape index (κ3) is 3.55. The highest BCUT2D eigenvalue weighted by Crippen LogP contribution is 2.25. The van der Waals surface area contributed by atoms with Crippen molar-refractivity contribution in [3.8, 4) is 0 Å². The topological polar surface area (TPSA) is 55.0 Å². The standard InChI is InChI=1S/C10H17ClN4/c1-10(2,3)6-15(4)8-7(11)5-13-9(12)14-8/h5H,6H2,1-4H3,(H2,12,13,14). The van der Waals surface area contributed by atoms with Crippen LogP contribution in [0.3, 0.4) is 0 Å². The molecule has 0 aromatic carbocycles. The zero-order chi connectivity index (χ0) is 11.6. The fourth-order valence-electron chi connectivity index (χ4n) is 1.43. The van der Waals surface area contributed by atoms with E-state index in [1.54, 1.807) is 0 Å². The van der Waals surface area contributed by atoms with Gasteiger partial charge in [-0.1, -0.05) is 32.4 Å². The maximum atomic E-state index is 6.00. The van der Waals surface area contributed by atoms with E-state index in [2.05, 4.69) is 30.7 Å². The third-order valence-corrected chi connectivity index (χ3v) is 2.08. The Bertz CT molecular complexity index is 346. The Morgan fingerprint density at radius 1 is 1.47 bits per heavy atom. The molecule has 1 heterocycles. The van der Waals surface area contributed by atoms with Crippen molar-refractivity contribution in [3.05, 3.63) is 11.2 Å². The Kier molecular flexibility index (Phi) is 3.39. The van der Waals surface area contributed by atoms with Crippen LogP contribution in [0, 0.1) is 5.41 Å². The SMILES string of the molecule is CN(CC(C)(C)C)c1nc(N)ncc1Cl. The molecule has 0 radical (unpaired) electrons. The Morgan fingerprint density at radius 2 is 2.07 bits per heavy atom. The quantitative estimate of drug-likeness (QED) is 0.843. The molecule has 0 bridgehead atoms. The normalized spacial score (nSPS) is 11.5. The van der Waals surface area contributed by atoms with Gasteiger partial charge in [0.05, 0.1) is 6.20 Å².